The largest absolute Gasteiger partial charge is 0.406 e. The van der Waals surface area contributed by atoms with Gasteiger partial charge in [0.15, 0.2) is 0 Å². The molecule has 1 aromatic heterocycles. The highest BCUT2D eigenvalue weighted by Gasteiger charge is 2.31. The number of hydrogen-bond donors (Lipinski definition) is 0. The number of alkyl halides is 3. The number of hydrogen-bond acceptors (Lipinski definition) is 2. The van der Waals surface area contributed by atoms with Crippen molar-refractivity contribution in [2.45, 2.75) is 19.6 Å². The van der Waals surface area contributed by atoms with E-state index in [2.05, 4.69) is 5.10 Å². The second-order valence-corrected chi connectivity index (χ2v) is 4.01. The molecule has 0 unspecified atom stereocenters. The van der Waals surface area contributed by atoms with Gasteiger partial charge in [0.25, 0.3) is 0 Å². The molecular weight excluding hydrogens is 259 g/mol. The summed E-state index contributed by atoms with van der Waals surface area (Å²) < 4.78 is 37.4. The van der Waals surface area contributed by atoms with Gasteiger partial charge in [-0.3, -0.25) is 9.48 Å². The van der Waals surface area contributed by atoms with Crippen molar-refractivity contribution in [2.75, 3.05) is 13.6 Å². The molecule has 0 spiro atoms. The zero-order valence-corrected chi connectivity index (χ0v) is 10.0. The van der Waals surface area contributed by atoms with Crippen LogP contribution in [0.15, 0.2) is 6.20 Å². The molecule has 0 atom stereocenters. The average molecular weight is 270 g/mol. The Bertz CT molecular complexity index is 416. The number of carbonyl (C=O) groups is 1. The van der Waals surface area contributed by atoms with E-state index < -0.39 is 18.6 Å². The van der Waals surface area contributed by atoms with Gasteiger partial charge in [-0.25, -0.2) is 0 Å². The minimum atomic E-state index is -4.40. The van der Waals surface area contributed by atoms with Gasteiger partial charge in [0, 0.05) is 7.05 Å². The monoisotopic (exact) mass is 269 g/mol. The number of rotatable bonds is 3. The number of nitrogens with zero attached hydrogens (tertiary/aromatic N) is 3. The van der Waals surface area contributed by atoms with Gasteiger partial charge in [0.2, 0.25) is 5.91 Å². The van der Waals surface area contributed by atoms with Crippen LogP contribution in [0, 0.1) is 6.92 Å². The summed E-state index contributed by atoms with van der Waals surface area (Å²) in [6.07, 6.45) is -3.06. The van der Waals surface area contributed by atoms with Crippen molar-refractivity contribution in [3.8, 4) is 0 Å². The standard InChI is InChI=1S/C9H11ClF3N3O/c1-6-7(10)3-14-16(6)4-8(17)15(2)5-9(11,12)13/h3H,4-5H2,1-2H3. The Labute approximate surface area is 101 Å². The molecular formula is C9H11ClF3N3O. The molecule has 1 aromatic rings. The number of amides is 1. The molecule has 1 amide bonds. The van der Waals surface area contributed by atoms with Crippen LogP contribution in [-0.4, -0.2) is 40.4 Å². The van der Waals surface area contributed by atoms with Crippen LogP contribution < -0.4 is 0 Å². The molecule has 0 aliphatic carbocycles. The molecule has 0 bridgehead atoms. The SMILES string of the molecule is Cc1c(Cl)cnn1CC(=O)N(C)CC(F)(F)F. The van der Waals surface area contributed by atoms with Crippen molar-refractivity contribution >= 4 is 17.5 Å². The molecule has 0 aliphatic heterocycles. The summed E-state index contributed by atoms with van der Waals surface area (Å²) in [6, 6.07) is 0. The summed E-state index contributed by atoms with van der Waals surface area (Å²) in [6.45, 7) is 0.0946. The molecule has 0 saturated heterocycles. The van der Waals surface area contributed by atoms with Gasteiger partial charge in [0.05, 0.1) is 16.9 Å². The Kier molecular flexibility index (Phi) is 4.03. The van der Waals surface area contributed by atoms with Crippen LogP contribution >= 0.6 is 11.6 Å². The third-order valence-electron chi connectivity index (χ3n) is 2.17. The summed E-state index contributed by atoms with van der Waals surface area (Å²) in [5.74, 6) is -0.676. The molecule has 4 nitrogen and oxygen atoms in total. The first-order chi connectivity index (χ1) is 7.70. The number of carbonyl (C=O) groups excluding carboxylic acids is 1. The first-order valence-electron chi connectivity index (χ1n) is 4.69. The highest BCUT2D eigenvalue weighted by molar-refractivity contribution is 6.31. The first kappa shape index (κ1) is 13.8. The fraction of sp³-hybridized carbons (Fsp3) is 0.556. The Morgan fingerprint density at radius 3 is 2.59 bits per heavy atom. The maximum atomic E-state index is 12.1. The van der Waals surface area contributed by atoms with E-state index >= 15 is 0 Å². The molecule has 0 N–H and O–H groups in total. The molecule has 17 heavy (non-hydrogen) atoms. The lowest BCUT2D eigenvalue weighted by Gasteiger charge is -2.19. The van der Waals surface area contributed by atoms with E-state index in [4.69, 9.17) is 11.6 Å². The van der Waals surface area contributed by atoms with Gasteiger partial charge < -0.3 is 4.90 Å². The predicted molar refractivity (Wildman–Crippen MR) is 55.7 cm³/mol. The zero-order valence-electron chi connectivity index (χ0n) is 9.25. The lowest BCUT2D eigenvalue weighted by molar-refractivity contribution is -0.158. The maximum absolute atomic E-state index is 12.1. The second-order valence-electron chi connectivity index (χ2n) is 3.60. The molecule has 1 rings (SSSR count). The van der Waals surface area contributed by atoms with Crippen LogP contribution in [0.1, 0.15) is 5.69 Å². The van der Waals surface area contributed by atoms with E-state index in [0.717, 1.165) is 7.05 Å². The fourth-order valence-electron chi connectivity index (χ4n) is 1.19. The summed E-state index contributed by atoms with van der Waals surface area (Å²) in [4.78, 5) is 12.1. The van der Waals surface area contributed by atoms with E-state index in [1.165, 1.54) is 10.9 Å². The van der Waals surface area contributed by atoms with Gasteiger partial charge in [0.1, 0.15) is 13.1 Å². The molecule has 0 saturated carbocycles. The van der Waals surface area contributed by atoms with Crippen LogP contribution in [0.5, 0.6) is 0 Å². The van der Waals surface area contributed by atoms with E-state index in [1.807, 2.05) is 0 Å². The topological polar surface area (TPSA) is 38.1 Å². The van der Waals surface area contributed by atoms with Gasteiger partial charge in [-0.2, -0.15) is 18.3 Å². The molecule has 0 fully saturated rings. The van der Waals surface area contributed by atoms with Crippen molar-refractivity contribution in [1.82, 2.24) is 14.7 Å². The number of likely N-dealkylation sites (N-methyl/N-ethyl adjacent to an activating group) is 1. The number of halogens is 4. The zero-order chi connectivity index (χ0) is 13.2. The third-order valence-corrected chi connectivity index (χ3v) is 2.54. The van der Waals surface area contributed by atoms with Gasteiger partial charge in [-0.1, -0.05) is 11.6 Å². The first-order valence-corrected chi connectivity index (χ1v) is 5.07. The second kappa shape index (κ2) is 4.95. The Hall–Kier alpha value is -1.24. The smallest absolute Gasteiger partial charge is 0.335 e. The van der Waals surface area contributed by atoms with Crippen molar-refractivity contribution in [3.63, 3.8) is 0 Å². The molecule has 96 valence electrons. The lowest BCUT2D eigenvalue weighted by atomic mass is 10.4. The van der Waals surface area contributed by atoms with E-state index in [0.29, 0.717) is 15.6 Å². The van der Waals surface area contributed by atoms with E-state index in [1.54, 1.807) is 6.92 Å². The summed E-state index contributed by atoms with van der Waals surface area (Å²) >= 11 is 5.71. The molecule has 0 radical (unpaired) electrons. The Morgan fingerprint density at radius 2 is 2.18 bits per heavy atom. The Balaban J connectivity index is 2.64. The van der Waals surface area contributed by atoms with Crippen LogP contribution in [0.4, 0.5) is 13.2 Å². The third kappa shape index (κ3) is 3.92. The highest BCUT2D eigenvalue weighted by atomic mass is 35.5. The Morgan fingerprint density at radius 1 is 1.59 bits per heavy atom. The predicted octanol–water partition coefficient (Wildman–Crippen LogP) is 1.87. The molecule has 8 heteroatoms. The van der Waals surface area contributed by atoms with Crippen LogP contribution in [-0.2, 0) is 11.3 Å². The van der Waals surface area contributed by atoms with Crippen molar-refractivity contribution in [2.24, 2.45) is 0 Å². The van der Waals surface area contributed by atoms with E-state index in [9.17, 15) is 18.0 Å². The highest BCUT2D eigenvalue weighted by Crippen LogP contribution is 2.16. The quantitative estimate of drug-likeness (QED) is 0.840. The lowest BCUT2D eigenvalue weighted by Crippen LogP contribution is -2.38. The average Bonchev–Trinajstić information content (AvgIpc) is 2.47. The summed E-state index contributed by atoms with van der Waals surface area (Å²) in [5.41, 5.74) is 0.542. The van der Waals surface area contributed by atoms with Crippen molar-refractivity contribution in [1.29, 1.82) is 0 Å². The van der Waals surface area contributed by atoms with Gasteiger partial charge in [-0.15, -0.1) is 0 Å². The van der Waals surface area contributed by atoms with Gasteiger partial charge in [-0.05, 0) is 6.92 Å². The van der Waals surface area contributed by atoms with Crippen molar-refractivity contribution < 1.29 is 18.0 Å². The minimum absolute atomic E-state index is 0.259. The number of aromatic nitrogens is 2. The summed E-state index contributed by atoms with van der Waals surface area (Å²) in [5, 5.41) is 4.16. The maximum Gasteiger partial charge on any atom is 0.406 e. The molecule has 0 aliphatic rings. The van der Waals surface area contributed by atoms with Crippen LogP contribution in [0.3, 0.4) is 0 Å². The van der Waals surface area contributed by atoms with E-state index in [-0.39, 0.29) is 6.54 Å². The summed E-state index contributed by atoms with van der Waals surface area (Å²) in [7, 11) is 1.09. The normalized spacial score (nSPS) is 11.6. The molecule has 1 heterocycles. The molecule has 0 aromatic carbocycles. The van der Waals surface area contributed by atoms with Crippen LogP contribution in [0.25, 0.3) is 0 Å². The fourth-order valence-corrected chi connectivity index (χ4v) is 1.33. The minimum Gasteiger partial charge on any atom is -0.335 e. The van der Waals surface area contributed by atoms with Crippen LogP contribution in [0.2, 0.25) is 5.02 Å². The van der Waals surface area contributed by atoms with Crippen molar-refractivity contribution in [3.05, 3.63) is 16.9 Å². The van der Waals surface area contributed by atoms with Gasteiger partial charge >= 0.3 is 6.18 Å².